The van der Waals surface area contributed by atoms with Crippen LogP contribution in [0.5, 0.6) is 0 Å². The molecule has 0 aliphatic rings. The number of rotatable bonds is 7. The number of aromatic nitrogens is 6. The Morgan fingerprint density at radius 3 is 2.64 bits per heavy atom. The van der Waals surface area contributed by atoms with E-state index in [9.17, 15) is 9.59 Å². The van der Waals surface area contributed by atoms with E-state index in [-0.39, 0.29) is 5.56 Å². The van der Waals surface area contributed by atoms with E-state index < -0.39 is 5.69 Å². The lowest BCUT2D eigenvalue weighted by atomic mass is 10.3. The Hall–Kier alpha value is -1.94. The zero-order valence-corrected chi connectivity index (χ0v) is 16.0. The van der Waals surface area contributed by atoms with Gasteiger partial charge in [0, 0.05) is 13.1 Å². The van der Waals surface area contributed by atoms with Gasteiger partial charge in [0.2, 0.25) is 0 Å². The molecule has 0 spiro atoms. The lowest BCUT2D eigenvalue weighted by Gasteiger charge is -2.06. The van der Waals surface area contributed by atoms with Crippen molar-refractivity contribution in [3.8, 4) is 0 Å². The van der Waals surface area contributed by atoms with Crippen molar-refractivity contribution in [2.45, 2.75) is 56.8 Å². The first-order valence-corrected chi connectivity index (χ1v) is 10.0. The van der Waals surface area contributed by atoms with Crippen molar-refractivity contribution in [2.75, 3.05) is 0 Å². The molecule has 0 aromatic carbocycles. The maximum Gasteiger partial charge on any atom is 0.330 e. The van der Waals surface area contributed by atoms with Crippen molar-refractivity contribution < 1.29 is 0 Å². The molecule has 0 atom stereocenters. The number of aryl methyl sites for hydroxylation is 3. The zero-order valence-electron chi connectivity index (χ0n) is 14.4. The van der Waals surface area contributed by atoms with Crippen LogP contribution in [0.1, 0.15) is 37.5 Å². The fraction of sp³-hybridized carbons (Fsp3) is 0.533. The van der Waals surface area contributed by atoms with Crippen LogP contribution in [0.15, 0.2) is 13.9 Å². The summed E-state index contributed by atoms with van der Waals surface area (Å²) in [7, 11) is 0. The van der Waals surface area contributed by atoms with Crippen LogP contribution >= 0.6 is 23.1 Å². The maximum atomic E-state index is 12.3. The molecule has 1 N–H and O–H groups in total. The minimum Gasteiger partial charge on any atom is -0.322 e. The number of imidazole rings is 1. The van der Waals surface area contributed by atoms with Gasteiger partial charge in [0.15, 0.2) is 15.5 Å². The van der Waals surface area contributed by atoms with Gasteiger partial charge in [0.05, 0.1) is 5.75 Å². The quantitative estimate of drug-likeness (QED) is 0.631. The fourth-order valence-corrected chi connectivity index (χ4v) is 4.42. The average Bonchev–Trinajstić information content (AvgIpc) is 3.16. The van der Waals surface area contributed by atoms with Gasteiger partial charge < -0.3 is 4.57 Å². The molecule has 0 bridgehead atoms. The third-order valence-corrected chi connectivity index (χ3v) is 5.82. The smallest absolute Gasteiger partial charge is 0.322 e. The third kappa shape index (κ3) is 3.54. The molecule has 0 radical (unpaired) electrons. The first-order valence-electron chi connectivity index (χ1n) is 8.20. The highest BCUT2D eigenvalue weighted by atomic mass is 32.2. The summed E-state index contributed by atoms with van der Waals surface area (Å²) in [6, 6.07) is 0. The second-order valence-corrected chi connectivity index (χ2v) is 7.99. The lowest BCUT2D eigenvalue weighted by Crippen LogP contribution is -2.31. The summed E-state index contributed by atoms with van der Waals surface area (Å²) >= 11 is 3.06. The molecule has 0 amide bonds. The van der Waals surface area contributed by atoms with E-state index in [1.165, 1.54) is 23.1 Å². The Labute approximate surface area is 152 Å². The van der Waals surface area contributed by atoms with E-state index in [2.05, 4.69) is 27.1 Å². The summed E-state index contributed by atoms with van der Waals surface area (Å²) in [5.74, 6) is 1.33. The van der Waals surface area contributed by atoms with Crippen LogP contribution in [0.4, 0.5) is 0 Å². The highest BCUT2D eigenvalue weighted by Gasteiger charge is 2.18. The van der Waals surface area contributed by atoms with Crippen molar-refractivity contribution in [2.24, 2.45) is 0 Å². The summed E-state index contributed by atoms with van der Waals surface area (Å²) in [6.07, 6.45) is 1.81. The Morgan fingerprint density at radius 1 is 1.20 bits per heavy atom. The number of H-pyrrole nitrogens is 1. The van der Waals surface area contributed by atoms with Gasteiger partial charge in [-0.1, -0.05) is 36.4 Å². The van der Waals surface area contributed by atoms with E-state index in [4.69, 9.17) is 0 Å². The SMILES string of the molecule is CCCCn1c(=O)[nH]c(=O)c2c1nc(CSc1nnc(C)s1)n2CC. The molecule has 0 unspecified atom stereocenters. The van der Waals surface area contributed by atoms with Gasteiger partial charge in [-0.2, -0.15) is 0 Å². The second-order valence-electron chi connectivity index (χ2n) is 5.58. The number of unbranched alkanes of at least 4 members (excludes halogenated alkanes) is 1. The van der Waals surface area contributed by atoms with Gasteiger partial charge in [0.25, 0.3) is 5.56 Å². The molecule has 3 aromatic heterocycles. The topological polar surface area (TPSA) is 98.5 Å². The van der Waals surface area contributed by atoms with E-state index in [0.717, 1.165) is 28.0 Å². The standard InChI is InChI=1S/C15H20N6O2S2/c1-4-6-7-21-12-11(13(22)17-14(21)23)20(5-2)10(16-12)8-24-15-19-18-9(3)25-15/h4-8H2,1-3H3,(H,17,22,23). The van der Waals surface area contributed by atoms with Crippen LogP contribution in [-0.4, -0.2) is 29.3 Å². The minimum absolute atomic E-state index is 0.384. The maximum absolute atomic E-state index is 12.3. The molecular formula is C15H20N6O2S2. The summed E-state index contributed by atoms with van der Waals surface area (Å²) < 4.78 is 4.30. The average molecular weight is 380 g/mol. The summed E-state index contributed by atoms with van der Waals surface area (Å²) in [5.41, 5.74) is 0.145. The first-order chi connectivity index (χ1) is 12.0. The fourth-order valence-electron chi connectivity index (χ4n) is 2.66. The second kappa shape index (κ2) is 7.52. The number of fused-ring (bicyclic) bond motifs is 1. The van der Waals surface area contributed by atoms with Crippen molar-refractivity contribution in [3.63, 3.8) is 0 Å². The molecule has 10 heteroatoms. The van der Waals surface area contributed by atoms with E-state index >= 15 is 0 Å². The van der Waals surface area contributed by atoms with E-state index in [1.807, 2.05) is 18.4 Å². The molecule has 0 aliphatic carbocycles. The molecule has 3 rings (SSSR count). The highest BCUT2D eigenvalue weighted by molar-refractivity contribution is 8.00. The molecular weight excluding hydrogens is 360 g/mol. The molecule has 3 heterocycles. The van der Waals surface area contributed by atoms with Gasteiger partial charge in [-0.05, 0) is 20.3 Å². The van der Waals surface area contributed by atoms with Crippen molar-refractivity contribution in [1.82, 2.24) is 29.3 Å². The first kappa shape index (κ1) is 17.9. The van der Waals surface area contributed by atoms with Gasteiger partial charge in [-0.15, -0.1) is 10.2 Å². The molecule has 8 nitrogen and oxygen atoms in total. The molecule has 0 fully saturated rings. The normalized spacial score (nSPS) is 11.5. The van der Waals surface area contributed by atoms with Crippen LogP contribution in [0, 0.1) is 6.92 Å². The molecule has 0 saturated heterocycles. The minimum atomic E-state index is -0.398. The van der Waals surface area contributed by atoms with Crippen molar-refractivity contribution in [3.05, 3.63) is 31.7 Å². The van der Waals surface area contributed by atoms with Crippen LogP contribution in [0.3, 0.4) is 0 Å². The Kier molecular flexibility index (Phi) is 5.38. The van der Waals surface area contributed by atoms with Crippen LogP contribution < -0.4 is 11.2 Å². The summed E-state index contributed by atoms with van der Waals surface area (Å²) in [4.78, 5) is 31.6. The predicted molar refractivity (Wildman–Crippen MR) is 99.4 cm³/mol. The van der Waals surface area contributed by atoms with E-state index in [0.29, 0.717) is 30.0 Å². The zero-order chi connectivity index (χ0) is 18.0. The molecule has 134 valence electrons. The monoisotopic (exact) mass is 380 g/mol. The Morgan fingerprint density at radius 2 is 2.00 bits per heavy atom. The van der Waals surface area contributed by atoms with Gasteiger partial charge in [-0.3, -0.25) is 14.3 Å². The summed E-state index contributed by atoms with van der Waals surface area (Å²) in [5, 5.41) is 9.02. The largest absolute Gasteiger partial charge is 0.330 e. The van der Waals surface area contributed by atoms with Crippen LogP contribution in [0.25, 0.3) is 11.2 Å². The lowest BCUT2D eigenvalue weighted by molar-refractivity contribution is 0.613. The van der Waals surface area contributed by atoms with E-state index in [1.54, 1.807) is 4.57 Å². The number of hydrogen-bond acceptors (Lipinski definition) is 7. The van der Waals surface area contributed by atoms with Crippen molar-refractivity contribution >= 4 is 34.3 Å². The number of thioether (sulfide) groups is 1. The number of nitrogens with zero attached hydrogens (tertiary/aromatic N) is 5. The molecule has 3 aromatic rings. The third-order valence-electron chi connectivity index (χ3n) is 3.85. The predicted octanol–water partition coefficient (Wildman–Crippen LogP) is 2.16. The van der Waals surface area contributed by atoms with Crippen LogP contribution in [-0.2, 0) is 18.8 Å². The number of hydrogen-bond donors (Lipinski definition) is 1. The van der Waals surface area contributed by atoms with Crippen LogP contribution in [0.2, 0.25) is 0 Å². The number of nitrogens with one attached hydrogen (secondary N) is 1. The Bertz CT molecular complexity index is 1000. The highest BCUT2D eigenvalue weighted by Crippen LogP contribution is 2.26. The van der Waals surface area contributed by atoms with Gasteiger partial charge in [-0.25, -0.2) is 9.78 Å². The molecule has 25 heavy (non-hydrogen) atoms. The molecule has 0 saturated carbocycles. The van der Waals surface area contributed by atoms with Crippen molar-refractivity contribution in [1.29, 1.82) is 0 Å². The van der Waals surface area contributed by atoms with Gasteiger partial charge in [0.1, 0.15) is 10.8 Å². The Balaban J connectivity index is 2.05. The van der Waals surface area contributed by atoms with Gasteiger partial charge >= 0.3 is 5.69 Å². The number of aromatic amines is 1. The molecule has 0 aliphatic heterocycles. The summed E-state index contributed by atoms with van der Waals surface area (Å²) in [6.45, 7) is 7.09.